The molecule has 1 aromatic carbocycles. The van der Waals surface area contributed by atoms with Gasteiger partial charge < -0.3 is 15.3 Å². The molecule has 0 aliphatic carbocycles. The molecule has 1 fully saturated rings. The molecule has 42 heavy (non-hydrogen) atoms. The van der Waals surface area contributed by atoms with Crippen molar-refractivity contribution in [1.82, 2.24) is 24.3 Å². The summed E-state index contributed by atoms with van der Waals surface area (Å²) in [5.41, 5.74) is 3.40. The van der Waals surface area contributed by atoms with E-state index in [4.69, 9.17) is 11.6 Å². The van der Waals surface area contributed by atoms with Crippen LogP contribution >= 0.6 is 11.6 Å². The summed E-state index contributed by atoms with van der Waals surface area (Å²) in [6.07, 6.45) is 3.13. The number of carboxylic acids is 1. The Hall–Kier alpha value is -4.02. The van der Waals surface area contributed by atoms with Gasteiger partial charge in [0.25, 0.3) is 16.1 Å². The Morgan fingerprint density at radius 2 is 1.69 bits per heavy atom. The van der Waals surface area contributed by atoms with Crippen LogP contribution in [0.5, 0.6) is 0 Å². The number of aromatic nitrogens is 2. The lowest BCUT2D eigenvalue weighted by molar-refractivity contribution is -0.140. The number of pyridine rings is 2. The quantitative estimate of drug-likeness (QED) is 0.248. The number of hydrogen-bond acceptors (Lipinski definition) is 7. The van der Waals surface area contributed by atoms with Crippen LogP contribution in [0.15, 0.2) is 60.9 Å². The molecule has 0 unspecified atom stereocenters. The van der Waals surface area contributed by atoms with Crippen LogP contribution in [-0.2, 0) is 21.5 Å². The number of aliphatic carboxylic acids is 1. The Kier molecular flexibility index (Phi) is 10.1. The Bertz CT molecular complexity index is 1580. The van der Waals surface area contributed by atoms with Gasteiger partial charge in [0.05, 0.1) is 0 Å². The molecule has 0 radical (unpaired) electrons. The SMILES string of the molecule is CC(C)[C@@H](NS(=O)(=O)N1CCN(c2ccc(C#Cc3ccnc(C(=O)NCc4ccc(Cl)nc4)c3)cc2)CC1)C(=O)O. The van der Waals surface area contributed by atoms with E-state index >= 15 is 0 Å². The summed E-state index contributed by atoms with van der Waals surface area (Å²) in [4.78, 5) is 34.2. The maximum absolute atomic E-state index is 12.7. The molecule has 2 aromatic heterocycles. The fourth-order valence-electron chi connectivity index (χ4n) is 4.21. The van der Waals surface area contributed by atoms with Crippen molar-refractivity contribution in [3.05, 3.63) is 88.5 Å². The topological polar surface area (TPSA) is 145 Å². The first kappa shape index (κ1) is 30.9. The van der Waals surface area contributed by atoms with Crippen molar-refractivity contribution in [3.8, 4) is 11.8 Å². The molecular formula is C29H31ClN6O5S. The molecule has 220 valence electrons. The number of anilines is 1. The molecule has 1 aliphatic heterocycles. The number of piperazine rings is 1. The lowest BCUT2D eigenvalue weighted by Gasteiger charge is -2.36. The number of benzene rings is 1. The van der Waals surface area contributed by atoms with Crippen LogP contribution in [0.1, 0.15) is 41.0 Å². The van der Waals surface area contributed by atoms with Gasteiger partial charge in [-0.2, -0.15) is 17.4 Å². The highest BCUT2D eigenvalue weighted by molar-refractivity contribution is 7.87. The average Bonchev–Trinajstić information content (AvgIpc) is 2.98. The molecule has 0 saturated carbocycles. The van der Waals surface area contributed by atoms with E-state index in [9.17, 15) is 23.1 Å². The van der Waals surface area contributed by atoms with Gasteiger partial charge in [-0.1, -0.05) is 43.4 Å². The van der Waals surface area contributed by atoms with Gasteiger partial charge >= 0.3 is 5.97 Å². The third-order valence-electron chi connectivity index (χ3n) is 6.61. The second-order valence-electron chi connectivity index (χ2n) is 9.97. The summed E-state index contributed by atoms with van der Waals surface area (Å²) in [6.45, 7) is 4.99. The number of rotatable bonds is 9. The second-order valence-corrected chi connectivity index (χ2v) is 12.1. The van der Waals surface area contributed by atoms with E-state index in [0.717, 1.165) is 16.8 Å². The summed E-state index contributed by atoms with van der Waals surface area (Å²) in [7, 11) is -3.92. The van der Waals surface area contributed by atoms with Crippen molar-refractivity contribution in [2.75, 3.05) is 31.1 Å². The first-order valence-electron chi connectivity index (χ1n) is 13.2. The van der Waals surface area contributed by atoms with Crippen LogP contribution < -0.4 is 14.9 Å². The molecule has 3 aromatic rings. The highest BCUT2D eigenvalue weighted by Crippen LogP contribution is 2.19. The standard InChI is InChI=1S/C29H31ClN6O5S/c1-20(2)27(29(38)39)34-42(40,41)36-15-13-35(14-16-36)24-8-5-21(6-9-24)3-4-22-11-12-31-25(17-22)28(37)33-19-23-7-10-26(30)32-18-23/h5-12,17-18,20,27,34H,13-16,19H2,1-2H3,(H,33,37)(H,38,39)/t27-/m1/s1. The largest absolute Gasteiger partial charge is 0.480 e. The number of amides is 1. The molecule has 1 saturated heterocycles. The minimum absolute atomic E-state index is 0.232. The monoisotopic (exact) mass is 610 g/mol. The van der Waals surface area contributed by atoms with Crippen molar-refractivity contribution in [3.63, 3.8) is 0 Å². The number of nitrogens with zero attached hydrogens (tertiary/aromatic N) is 4. The van der Waals surface area contributed by atoms with Gasteiger partial charge in [-0.15, -0.1) is 0 Å². The van der Waals surface area contributed by atoms with Crippen LogP contribution in [0.3, 0.4) is 0 Å². The van der Waals surface area contributed by atoms with Crippen molar-refractivity contribution < 1.29 is 23.1 Å². The van der Waals surface area contributed by atoms with Crippen LogP contribution in [0.4, 0.5) is 5.69 Å². The predicted octanol–water partition coefficient (Wildman–Crippen LogP) is 2.53. The number of carbonyl (C=O) groups excluding carboxylic acids is 1. The highest BCUT2D eigenvalue weighted by Gasteiger charge is 2.32. The Morgan fingerprint density at radius 1 is 1.00 bits per heavy atom. The smallest absolute Gasteiger partial charge is 0.322 e. The van der Waals surface area contributed by atoms with Gasteiger partial charge in [0.15, 0.2) is 0 Å². The van der Waals surface area contributed by atoms with Crippen molar-refractivity contribution in [2.24, 2.45) is 5.92 Å². The molecule has 3 heterocycles. The first-order valence-corrected chi connectivity index (χ1v) is 15.1. The maximum Gasteiger partial charge on any atom is 0.322 e. The van der Waals surface area contributed by atoms with E-state index in [-0.39, 0.29) is 37.2 Å². The van der Waals surface area contributed by atoms with E-state index in [1.54, 1.807) is 44.3 Å². The zero-order chi connectivity index (χ0) is 30.3. The minimum Gasteiger partial charge on any atom is -0.480 e. The van der Waals surface area contributed by atoms with E-state index in [1.807, 2.05) is 24.3 Å². The minimum atomic E-state index is -3.92. The van der Waals surface area contributed by atoms with E-state index in [1.165, 1.54) is 10.5 Å². The third kappa shape index (κ3) is 8.27. The normalized spacial score (nSPS) is 14.6. The summed E-state index contributed by atoms with van der Waals surface area (Å²) in [5.74, 6) is 4.23. The summed E-state index contributed by atoms with van der Waals surface area (Å²) in [6, 6.07) is 13.2. The fraction of sp³-hybridized carbons (Fsp3) is 0.310. The lowest BCUT2D eigenvalue weighted by Crippen LogP contribution is -2.55. The van der Waals surface area contributed by atoms with Crippen molar-refractivity contribution >= 4 is 39.4 Å². The van der Waals surface area contributed by atoms with Gasteiger partial charge in [-0.05, 0) is 53.9 Å². The van der Waals surface area contributed by atoms with Gasteiger partial charge in [-0.25, -0.2) is 4.98 Å². The molecule has 0 spiro atoms. The lowest BCUT2D eigenvalue weighted by atomic mass is 10.1. The van der Waals surface area contributed by atoms with Crippen LogP contribution in [0.25, 0.3) is 0 Å². The number of carboxylic acid groups (broad SMARTS) is 1. The Morgan fingerprint density at radius 3 is 2.31 bits per heavy atom. The third-order valence-corrected chi connectivity index (χ3v) is 8.43. The zero-order valence-electron chi connectivity index (χ0n) is 23.1. The Labute approximate surface area is 250 Å². The fourth-order valence-corrected chi connectivity index (χ4v) is 5.81. The predicted molar refractivity (Wildman–Crippen MR) is 159 cm³/mol. The zero-order valence-corrected chi connectivity index (χ0v) is 24.7. The summed E-state index contributed by atoms with van der Waals surface area (Å²) < 4.78 is 29.0. The molecular weight excluding hydrogens is 580 g/mol. The molecule has 1 aliphatic rings. The molecule has 13 heteroatoms. The van der Waals surface area contributed by atoms with Gasteiger partial charge in [0.1, 0.15) is 16.9 Å². The Balaban J connectivity index is 1.32. The number of hydrogen-bond donors (Lipinski definition) is 3. The molecule has 11 nitrogen and oxygen atoms in total. The van der Waals surface area contributed by atoms with Crippen LogP contribution in [0, 0.1) is 17.8 Å². The molecule has 0 bridgehead atoms. The van der Waals surface area contributed by atoms with E-state index < -0.39 is 22.2 Å². The van der Waals surface area contributed by atoms with E-state index in [2.05, 4.69) is 36.7 Å². The van der Waals surface area contributed by atoms with Crippen LogP contribution in [0.2, 0.25) is 5.15 Å². The highest BCUT2D eigenvalue weighted by atomic mass is 35.5. The number of halogens is 1. The van der Waals surface area contributed by atoms with Gasteiger partial charge in [0.2, 0.25) is 0 Å². The molecule has 1 amide bonds. The second kappa shape index (κ2) is 13.8. The van der Waals surface area contributed by atoms with E-state index in [0.29, 0.717) is 23.8 Å². The van der Waals surface area contributed by atoms with Crippen molar-refractivity contribution in [2.45, 2.75) is 26.4 Å². The van der Waals surface area contributed by atoms with Crippen LogP contribution in [-0.4, -0.2) is 71.9 Å². The first-order chi connectivity index (χ1) is 20.0. The summed E-state index contributed by atoms with van der Waals surface area (Å²) in [5, 5.41) is 12.5. The van der Waals surface area contributed by atoms with Gasteiger partial charge in [-0.3, -0.25) is 14.6 Å². The average molecular weight is 611 g/mol. The number of carbonyl (C=O) groups is 2. The maximum atomic E-state index is 12.7. The van der Waals surface area contributed by atoms with Crippen molar-refractivity contribution in [1.29, 1.82) is 0 Å². The molecule has 1 atom stereocenters. The summed E-state index contributed by atoms with van der Waals surface area (Å²) >= 11 is 5.79. The number of nitrogens with one attached hydrogen (secondary N) is 2. The molecule has 3 N–H and O–H groups in total. The van der Waals surface area contributed by atoms with Gasteiger partial charge in [0, 0.05) is 61.9 Å². The molecule has 4 rings (SSSR count).